The molecule has 88 valence electrons. The van der Waals surface area contributed by atoms with Crippen LogP contribution in [0.3, 0.4) is 0 Å². The van der Waals surface area contributed by atoms with E-state index < -0.39 is 0 Å². The lowest BCUT2D eigenvalue weighted by Crippen LogP contribution is -1.96. The molecule has 2 heterocycles. The van der Waals surface area contributed by atoms with Gasteiger partial charge < -0.3 is 19.7 Å². The topological polar surface area (TPSA) is 83.4 Å². The average Bonchev–Trinajstić information content (AvgIpc) is 2.96. The molecule has 0 radical (unpaired) electrons. The first-order chi connectivity index (χ1) is 8.29. The van der Waals surface area contributed by atoms with Crippen molar-refractivity contribution in [2.75, 3.05) is 6.79 Å². The molecular weight excluding hydrogens is 222 g/mol. The summed E-state index contributed by atoms with van der Waals surface area (Å²) in [7, 11) is 0. The van der Waals surface area contributed by atoms with Crippen LogP contribution in [-0.2, 0) is 6.54 Å². The summed E-state index contributed by atoms with van der Waals surface area (Å²) in [4.78, 5) is 4.20. The van der Waals surface area contributed by atoms with E-state index in [0.717, 1.165) is 11.1 Å². The Bertz CT molecular complexity index is 565. The van der Waals surface area contributed by atoms with Gasteiger partial charge in [-0.25, -0.2) is 0 Å². The van der Waals surface area contributed by atoms with Gasteiger partial charge in [-0.15, -0.1) is 0 Å². The molecule has 0 aliphatic carbocycles. The highest BCUT2D eigenvalue weighted by molar-refractivity contribution is 5.72. The van der Waals surface area contributed by atoms with Gasteiger partial charge in [0, 0.05) is 0 Å². The molecule has 0 saturated carbocycles. The van der Waals surface area contributed by atoms with E-state index in [1.165, 1.54) is 0 Å². The van der Waals surface area contributed by atoms with Crippen LogP contribution in [0.1, 0.15) is 11.5 Å². The van der Waals surface area contributed by atoms with Crippen LogP contribution < -0.4 is 15.2 Å². The van der Waals surface area contributed by atoms with Crippen LogP contribution >= 0.6 is 0 Å². The van der Waals surface area contributed by atoms with Crippen molar-refractivity contribution in [1.29, 1.82) is 0 Å². The average molecular weight is 233 g/mol. The number of hydrogen-bond donors (Lipinski definition) is 1. The molecule has 0 atom stereocenters. The molecule has 0 spiro atoms. The van der Waals surface area contributed by atoms with Crippen LogP contribution in [0, 0.1) is 6.92 Å². The van der Waals surface area contributed by atoms with Crippen molar-refractivity contribution in [3.8, 4) is 22.9 Å². The molecule has 0 saturated heterocycles. The van der Waals surface area contributed by atoms with E-state index in [1.807, 2.05) is 19.1 Å². The van der Waals surface area contributed by atoms with Crippen molar-refractivity contribution in [3.63, 3.8) is 0 Å². The monoisotopic (exact) mass is 233 g/mol. The first-order valence-electron chi connectivity index (χ1n) is 5.22. The van der Waals surface area contributed by atoms with Crippen LogP contribution in [0.4, 0.5) is 0 Å². The van der Waals surface area contributed by atoms with Crippen molar-refractivity contribution in [1.82, 2.24) is 10.1 Å². The van der Waals surface area contributed by atoms with Gasteiger partial charge in [0.2, 0.25) is 18.5 Å². The predicted octanol–water partition coefficient (Wildman–Crippen LogP) is 1.23. The second kappa shape index (κ2) is 3.74. The Morgan fingerprint density at radius 3 is 3.00 bits per heavy atom. The molecule has 6 nitrogen and oxygen atoms in total. The molecule has 0 fully saturated rings. The maximum absolute atomic E-state index is 5.44. The number of ether oxygens (including phenoxy) is 2. The number of hydrogen-bond acceptors (Lipinski definition) is 6. The Hall–Kier alpha value is -2.08. The first-order valence-corrected chi connectivity index (χ1v) is 5.22. The van der Waals surface area contributed by atoms with Crippen molar-refractivity contribution >= 4 is 0 Å². The second-order valence-electron chi connectivity index (χ2n) is 3.71. The van der Waals surface area contributed by atoms with Crippen molar-refractivity contribution < 1.29 is 14.0 Å². The number of aromatic nitrogens is 2. The minimum Gasteiger partial charge on any atom is -0.454 e. The predicted molar refractivity (Wildman–Crippen MR) is 58.5 cm³/mol. The number of nitrogens with zero attached hydrogens (tertiary/aromatic N) is 2. The highest BCUT2D eigenvalue weighted by Gasteiger charge is 2.23. The van der Waals surface area contributed by atoms with Gasteiger partial charge in [0.1, 0.15) is 0 Å². The Balaban J connectivity index is 2.16. The van der Waals surface area contributed by atoms with E-state index >= 15 is 0 Å². The third-order valence-electron chi connectivity index (χ3n) is 2.61. The number of nitrogens with two attached hydrogens (primary N) is 1. The largest absolute Gasteiger partial charge is 0.454 e. The fourth-order valence-electron chi connectivity index (χ4n) is 1.79. The summed E-state index contributed by atoms with van der Waals surface area (Å²) in [6, 6.07) is 3.80. The molecule has 3 rings (SSSR count). The number of aryl methyl sites for hydroxylation is 1. The quantitative estimate of drug-likeness (QED) is 0.839. The molecule has 2 N–H and O–H groups in total. The Labute approximate surface area is 97.3 Å². The summed E-state index contributed by atoms with van der Waals surface area (Å²) in [6.45, 7) is 2.39. The standard InChI is InChI=1S/C11H11N3O3/c1-6-2-3-7-10(16-5-15-7)9(6)11-13-8(4-12)17-14-11/h2-3H,4-5,12H2,1H3. The van der Waals surface area contributed by atoms with Gasteiger partial charge >= 0.3 is 0 Å². The van der Waals surface area contributed by atoms with E-state index in [2.05, 4.69) is 10.1 Å². The molecule has 1 aliphatic rings. The highest BCUT2D eigenvalue weighted by Crippen LogP contribution is 2.42. The smallest absolute Gasteiger partial charge is 0.240 e. The fourth-order valence-corrected chi connectivity index (χ4v) is 1.79. The summed E-state index contributed by atoms with van der Waals surface area (Å²) >= 11 is 0. The molecule has 0 unspecified atom stereocenters. The van der Waals surface area contributed by atoms with Gasteiger partial charge in [-0.3, -0.25) is 0 Å². The Morgan fingerprint density at radius 2 is 2.24 bits per heavy atom. The normalized spacial score (nSPS) is 13.1. The minimum atomic E-state index is 0.216. The number of benzene rings is 1. The van der Waals surface area contributed by atoms with Gasteiger partial charge in [0.05, 0.1) is 12.1 Å². The van der Waals surface area contributed by atoms with Gasteiger partial charge in [-0.05, 0) is 18.6 Å². The van der Waals surface area contributed by atoms with Gasteiger partial charge in [-0.1, -0.05) is 11.2 Å². The van der Waals surface area contributed by atoms with Crippen LogP contribution in [0.5, 0.6) is 11.5 Å². The maximum Gasteiger partial charge on any atom is 0.240 e. The summed E-state index contributed by atoms with van der Waals surface area (Å²) < 4.78 is 15.7. The molecule has 0 amide bonds. The molecule has 1 aromatic carbocycles. The molecule has 1 aromatic heterocycles. The maximum atomic E-state index is 5.44. The van der Waals surface area contributed by atoms with Gasteiger partial charge in [0.15, 0.2) is 11.5 Å². The van der Waals surface area contributed by atoms with E-state index in [0.29, 0.717) is 23.2 Å². The zero-order valence-electron chi connectivity index (χ0n) is 9.27. The number of fused-ring (bicyclic) bond motifs is 1. The van der Waals surface area contributed by atoms with Crippen molar-refractivity contribution in [2.24, 2.45) is 5.73 Å². The highest BCUT2D eigenvalue weighted by atomic mass is 16.7. The minimum absolute atomic E-state index is 0.216. The van der Waals surface area contributed by atoms with E-state index in [-0.39, 0.29) is 13.3 Å². The lowest BCUT2D eigenvalue weighted by atomic mass is 10.1. The van der Waals surface area contributed by atoms with Crippen molar-refractivity contribution in [3.05, 3.63) is 23.6 Å². The second-order valence-corrected chi connectivity index (χ2v) is 3.71. The van der Waals surface area contributed by atoms with Gasteiger partial charge in [-0.2, -0.15) is 4.98 Å². The summed E-state index contributed by atoms with van der Waals surface area (Å²) in [5, 5.41) is 3.89. The lowest BCUT2D eigenvalue weighted by molar-refractivity contribution is 0.174. The van der Waals surface area contributed by atoms with Gasteiger partial charge in [0.25, 0.3) is 0 Å². The van der Waals surface area contributed by atoms with E-state index in [9.17, 15) is 0 Å². The first kappa shape index (κ1) is 10.1. The zero-order chi connectivity index (χ0) is 11.8. The zero-order valence-corrected chi connectivity index (χ0v) is 9.27. The third-order valence-corrected chi connectivity index (χ3v) is 2.61. The Morgan fingerprint density at radius 1 is 1.35 bits per heavy atom. The van der Waals surface area contributed by atoms with Crippen LogP contribution in [0.15, 0.2) is 16.7 Å². The summed E-state index contributed by atoms with van der Waals surface area (Å²) in [5.74, 6) is 2.24. The molecular formula is C11H11N3O3. The third kappa shape index (κ3) is 1.53. The summed E-state index contributed by atoms with van der Waals surface area (Å²) in [6.07, 6.45) is 0. The molecule has 1 aliphatic heterocycles. The van der Waals surface area contributed by atoms with Crippen LogP contribution in [0.2, 0.25) is 0 Å². The van der Waals surface area contributed by atoms with E-state index in [1.54, 1.807) is 0 Å². The Kier molecular flexibility index (Phi) is 2.22. The van der Waals surface area contributed by atoms with Crippen LogP contribution in [0.25, 0.3) is 11.4 Å². The summed E-state index contributed by atoms with van der Waals surface area (Å²) in [5.41, 5.74) is 7.23. The molecule has 2 aromatic rings. The lowest BCUT2D eigenvalue weighted by Gasteiger charge is -2.04. The van der Waals surface area contributed by atoms with Crippen molar-refractivity contribution in [2.45, 2.75) is 13.5 Å². The molecule has 6 heteroatoms. The number of rotatable bonds is 2. The van der Waals surface area contributed by atoms with Crippen LogP contribution in [-0.4, -0.2) is 16.9 Å². The fraction of sp³-hybridized carbons (Fsp3) is 0.273. The van der Waals surface area contributed by atoms with E-state index in [4.69, 9.17) is 19.7 Å². The molecule has 0 bridgehead atoms. The SMILES string of the molecule is Cc1ccc2c(c1-c1noc(CN)n1)OCO2. The molecule has 17 heavy (non-hydrogen) atoms.